The van der Waals surface area contributed by atoms with Crippen molar-refractivity contribution >= 4 is 39.1 Å². The van der Waals surface area contributed by atoms with Gasteiger partial charge in [0.15, 0.2) is 0 Å². The van der Waals surface area contributed by atoms with E-state index in [4.69, 9.17) is 4.98 Å². The van der Waals surface area contributed by atoms with E-state index in [0.29, 0.717) is 11.9 Å². The molecule has 3 aromatic heterocycles. The molecule has 0 unspecified atom stereocenters. The van der Waals surface area contributed by atoms with Crippen LogP contribution in [0.2, 0.25) is 0 Å². The second-order valence-electron chi connectivity index (χ2n) is 7.33. The second-order valence-corrected chi connectivity index (χ2v) is 8.22. The molecule has 2 aromatic carbocycles. The van der Waals surface area contributed by atoms with Gasteiger partial charge in [0, 0.05) is 37.7 Å². The van der Waals surface area contributed by atoms with Crippen molar-refractivity contribution in [3.8, 4) is 0 Å². The number of nitrogens with one attached hydrogen (secondary N) is 1. The Balaban J connectivity index is 1.34. The average molecular weight is 443 g/mol. The standard InChI is InChI=1S/C23H22N8S/c1-2-5-18(6-3-1)14-31(11-4-10-30-12-9-24-16-30)23-26-15-25-22(29-23)28-19-7-8-20-21(13-19)32-17-27-20/h1-3,5-9,12-13,15-17H,4,10-11,14H2,(H,25,26,28,29). The molecule has 0 aliphatic rings. The van der Waals surface area contributed by atoms with Gasteiger partial charge in [-0.1, -0.05) is 30.3 Å². The number of hydrogen-bond acceptors (Lipinski definition) is 8. The zero-order valence-corrected chi connectivity index (χ0v) is 18.2. The van der Waals surface area contributed by atoms with Crippen LogP contribution in [-0.4, -0.2) is 36.0 Å². The van der Waals surface area contributed by atoms with Gasteiger partial charge < -0.3 is 14.8 Å². The van der Waals surface area contributed by atoms with Gasteiger partial charge in [-0.3, -0.25) is 0 Å². The Kier molecular flexibility index (Phi) is 5.98. The van der Waals surface area contributed by atoms with E-state index in [-0.39, 0.29) is 0 Å². The number of fused-ring (bicyclic) bond motifs is 1. The maximum absolute atomic E-state index is 4.71. The molecule has 0 radical (unpaired) electrons. The Morgan fingerprint density at radius 1 is 1.03 bits per heavy atom. The first-order valence-electron chi connectivity index (χ1n) is 10.4. The fourth-order valence-electron chi connectivity index (χ4n) is 3.48. The molecular weight excluding hydrogens is 420 g/mol. The fraction of sp³-hybridized carbons (Fsp3) is 0.174. The van der Waals surface area contributed by atoms with E-state index in [9.17, 15) is 0 Å². The highest BCUT2D eigenvalue weighted by molar-refractivity contribution is 7.16. The van der Waals surface area contributed by atoms with E-state index < -0.39 is 0 Å². The SMILES string of the molecule is c1ccc(CN(CCCn2ccnc2)c2ncnc(Nc3ccc4ncsc4c3)n2)cc1. The van der Waals surface area contributed by atoms with E-state index >= 15 is 0 Å². The van der Waals surface area contributed by atoms with Crippen LogP contribution in [0.4, 0.5) is 17.6 Å². The van der Waals surface area contributed by atoms with Crippen molar-refractivity contribution in [1.29, 1.82) is 0 Å². The third-order valence-corrected chi connectivity index (χ3v) is 5.84. The minimum atomic E-state index is 0.520. The van der Waals surface area contributed by atoms with Crippen molar-refractivity contribution in [2.75, 3.05) is 16.8 Å². The van der Waals surface area contributed by atoms with Gasteiger partial charge in [0.05, 0.1) is 22.1 Å². The van der Waals surface area contributed by atoms with E-state index in [2.05, 4.69) is 65.1 Å². The molecule has 5 rings (SSSR count). The molecule has 0 fully saturated rings. The van der Waals surface area contributed by atoms with Gasteiger partial charge in [0.25, 0.3) is 0 Å². The average Bonchev–Trinajstić information content (AvgIpc) is 3.51. The minimum Gasteiger partial charge on any atom is -0.337 e. The van der Waals surface area contributed by atoms with E-state index in [0.717, 1.165) is 42.0 Å². The van der Waals surface area contributed by atoms with Crippen LogP contribution in [0.15, 0.2) is 79.1 Å². The van der Waals surface area contributed by atoms with Crippen molar-refractivity contribution in [2.45, 2.75) is 19.5 Å². The highest BCUT2D eigenvalue weighted by atomic mass is 32.1. The largest absolute Gasteiger partial charge is 0.337 e. The Morgan fingerprint density at radius 2 is 1.97 bits per heavy atom. The monoisotopic (exact) mass is 442 g/mol. The highest BCUT2D eigenvalue weighted by Crippen LogP contribution is 2.24. The normalized spacial score (nSPS) is 11.0. The lowest BCUT2D eigenvalue weighted by Crippen LogP contribution is -2.27. The number of anilines is 3. The quantitative estimate of drug-likeness (QED) is 0.359. The van der Waals surface area contributed by atoms with Crippen molar-refractivity contribution in [1.82, 2.24) is 29.5 Å². The lowest BCUT2D eigenvalue weighted by Gasteiger charge is -2.23. The summed E-state index contributed by atoms with van der Waals surface area (Å²) in [4.78, 5) is 24.1. The zero-order valence-electron chi connectivity index (χ0n) is 17.4. The Hall–Kier alpha value is -3.85. The number of nitrogens with zero attached hydrogens (tertiary/aromatic N) is 7. The molecule has 1 N–H and O–H groups in total. The molecule has 0 atom stereocenters. The summed E-state index contributed by atoms with van der Waals surface area (Å²) >= 11 is 1.61. The maximum Gasteiger partial charge on any atom is 0.231 e. The number of aryl methyl sites for hydroxylation is 1. The van der Waals surface area contributed by atoms with Crippen LogP contribution in [-0.2, 0) is 13.1 Å². The molecule has 0 aliphatic carbocycles. The van der Waals surface area contributed by atoms with Gasteiger partial charge in [0.2, 0.25) is 11.9 Å². The third kappa shape index (κ3) is 4.89. The van der Waals surface area contributed by atoms with Crippen molar-refractivity contribution < 1.29 is 0 Å². The van der Waals surface area contributed by atoms with Gasteiger partial charge in [-0.15, -0.1) is 11.3 Å². The molecule has 0 saturated carbocycles. The molecule has 32 heavy (non-hydrogen) atoms. The van der Waals surface area contributed by atoms with Gasteiger partial charge >= 0.3 is 0 Å². The molecule has 8 nitrogen and oxygen atoms in total. The summed E-state index contributed by atoms with van der Waals surface area (Å²) in [5, 5.41) is 3.30. The summed E-state index contributed by atoms with van der Waals surface area (Å²) in [6.45, 7) is 2.42. The number of hydrogen-bond donors (Lipinski definition) is 1. The number of thiazole rings is 1. The number of imidazole rings is 1. The lowest BCUT2D eigenvalue weighted by atomic mass is 10.2. The first-order chi connectivity index (χ1) is 15.8. The lowest BCUT2D eigenvalue weighted by molar-refractivity contribution is 0.613. The van der Waals surface area contributed by atoms with Gasteiger partial charge in [0.1, 0.15) is 6.33 Å². The van der Waals surface area contributed by atoms with Gasteiger partial charge in [-0.05, 0) is 30.2 Å². The van der Waals surface area contributed by atoms with Crippen LogP contribution in [0, 0.1) is 0 Å². The van der Waals surface area contributed by atoms with Crippen molar-refractivity contribution in [2.24, 2.45) is 0 Å². The predicted molar refractivity (Wildman–Crippen MR) is 127 cm³/mol. The smallest absolute Gasteiger partial charge is 0.231 e. The highest BCUT2D eigenvalue weighted by Gasteiger charge is 2.12. The minimum absolute atomic E-state index is 0.520. The van der Waals surface area contributed by atoms with Gasteiger partial charge in [-0.2, -0.15) is 4.98 Å². The molecule has 0 spiro atoms. The topological polar surface area (TPSA) is 84.7 Å². The molecule has 0 aliphatic heterocycles. The number of benzene rings is 2. The van der Waals surface area contributed by atoms with Crippen molar-refractivity contribution in [3.05, 3.63) is 84.7 Å². The molecule has 5 aromatic rings. The molecule has 0 bridgehead atoms. The van der Waals surface area contributed by atoms with Gasteiger partial charge in [-0.25, -0.2) is 19.9 Å². The fourth-order valence-corrected chi connectivity index (χ4v) is 4.20. The van der Waals surface area contributed by atoms with Crippen LogP contribution >= 0.6 is 11.3 Å². The first kappa shape index (κ1) is 20.1. The van der Waals surface area contributed by atoms with Crippen LogP contribution < -0.4 is 10.2 Å². The molecule has 3 heterocycles. The molecule has 0 saturated heterocycles. The Labute approximate surface area is 189 Å². The summed E-state index contributed by atoms with van der Waals surface area (Å²) in [6.07, 6.45) is 8.12. The Bertz CT molecular complexity index is 1270. The summed E-state index contributed by atoms with van der Waals surface area (Å²) in [7, 11) is 0. The van der Waals surface area contributed by atoms with Crippen LogP contribution in [0.25, 0.3) is 10.2 Å². The van der Waals surface area contributed by atoms with E-state index in [1.165, 1.54) is 5.56 Å². The van der Waals surface area contributed by atoms with Crippen LogP contribution in [0.3, 0.4) is 0 Å². The van der Waals surface area contributed by atoms with Crippen LogP contribution in [0.1, 0.15) is 12.0 Å². The molecule has 9 heteroatoms. The van der Waals surface area contributed by atoms with E-state index in [1.807, 2.05) is 36.2 Å². The van der Waals surface area contributed by atoms with Crippen molar-refractivity contribution in [3.63, 3.8) is 0 Å². The summed E-state index contributed by atoms with van der Waals surface area (Å²) in [6, 6.07) is 16.4. The third-order valence-electron chi connectivity index (χ3n) is 5.05. The summed E-state index contributed by atoms with van der Waals surface area (Å²) < 4.78 is 3.20. The second kappa shape index (κ2) is 9.52. The van der Waals surface area contributed by atoms with Crippen LogP contribution in [0.5, 0.6) is 0 Å². The predicted octanol–water partition coefficient (Wildman–Crippen LogP) is 4.52. The molecule has 160 valence electrons. The molecule has 0 amide bonds. The maximum atomic E-state index is 4.71. The number of aromatic nitrogens is 6. The first-order valence-corrected chi connectivity index (χ1v) is 11.3. The summed E-state index contributed by atoms with van der Waals surface area (Å²) in [5.41, 5.74) is 4.97. The molecular formula is C23H22N8S. The summed E-state index contributed by atoms with van der Waals surface area (Å²) in [5.74, 6) is 1.17. The van der Waals surface area contributed by atoms with E-state index in [1.54, 1.807) is 23.9 Å². The number of rotatable bonds is 9. The zero-order chi connectivity index (χ0) is 21.6. The Morgan fingerprint density at radius 3 is 2.84 bits per heavy atom.